The Morgan fingerprint density at radius 1 is 1.12 bits per heavy atom. The molecule has 1 atom stereocenters. The van der Waals surface area contributed by atoms with E-state index in [4.69, 9.17) is 25.5 Å². The van der Waals surface area contributed by atoms with Crippen molar-refractivity contribution in [1.82, 2.24) is 4.72 Å². The topological polar surface area (TPSA) is 112 Å². The zero-order valence-electron chi connectivity index (χ0n) is 17.6. The summed E-state index contributed by atoms with van der Waals surface area (Å²) in [5.74, 6) is -0.662. The Kier molecular flexibility index (Phi) is 7.22. The minimum atomic E-state index is -3.99. The number of carbonyl (C=O) groups is 1. The Hall–Kier alpha value is -2.88. The van der Waals surface area contributed by atoms with Gasteiger partial charge in [0, 0.05) is 28.1 Å². The maximum absolute atomic E-state index is 12.8. The molecule has 1 heterocycles. The molecule has 0 amide bonds. The molecule has 3 rings (SSSR count). The maximum Gasteiger partial charge on any atom is 0.336 e. The lowest BCUT2D eigenvalue weighted by molar-refractivity contribution is -0.148. The minimum Gasteiger partial charge on any atom is -0.497 e. The SMILES string of the molecule is COc1ccc2c(COC(=O)[C@H](NS(=O)(=O)c3ccc(Cl)cc3)C(C)C)cc(=O)oc2c1. The Morgan fingerprint density at radius 3 is 2.44 bits per heavy atom. The average molecular weight is 480 g/mol. The van der Waals surface area contributed by atoms with Crippen LogP contribution in [0.15, 0.2) is 62.6 Å². The molecule has 3 aromatic rings. The first-order valence-electron chi connectivity index (χ1n) is 9.66. The van der Waals surface area contributed by atoms with Gasteiger partial charge in [0.15, 0.2) is 0 Å². The smallest absolute Gasteiger partial charge is 0.336 e. The molecule has 0 aliphatic carbocycles. The molecule has 0 radical (unpaired) electrons. The van der Waals surface area contributed by atoms with Gasteiger partial charge in [0.25, 0.3) is 0 Å². The zero-order chi connectivity index (χ0) is 23.5. The van der Waals surface area contributed by atoms with E-state index in [1.54, 1.807) is 32.0 Å². The lowest BCUT2D eigenvalue weighted by Gasteiger charge is -2.21. The molecular weight excluding hydrogens is 458 g/mol. The number of nitrogens with one attached hydrogen (secondary N) is 1. The highest BCUT2D eigenvalue weighted by Gasteiger charge is 2.30. The summed E-state index contributed by atoms with van der Waals surface area (Å²) in [6, 6.07) is 10.6. The Labute approximate surface area is 190 Å². The molecular formula is C22H22ClNO7S. The zero-order valence-corrected chi connectivity index (χ0v) is 19.2. The fourth-order valence-corrected chi connectivity index (χ4v) is 4.46. The number of ether oxygens (including phenoxy) is 2. The summed E-state index contributed by atoms with van der Waals surface area (Å²) in [6.45, 7) is 3.14. The summed E-state index contributed by atoms with van der Waals surface area (Å²) in [5.41, 5.74) is 0.0997. The summed E-state index contributed by atoms with van der Waals surface area (Å²) in [5, 5.41) is 0.960. The summed E-state index contributed by atoms with van der Waals surface area (Å²) in [6.07, 6.45) is 0. The molecule has 32 heavy (non-hydrogen) atoms. The second-order valence-corrected chi connectivity index (χ2v) is 9.51. The summed E-state index contributed by atoms with van der Waals surface area (Å²) in [4.78, 5) is 24.6. The third-order valence-corrected chi connectivity index (χ3v) is 6.44. The number of methoxy groups -OCH3 is 1. The van der Waals surface area contributed by atoms with Gasteiger partial charge in [0.1, 0.15) is 24.0 Å². The summed E-state index contributed by atoms with van der Waals surface area (Å²) in [7, 11) is -2.50. The first-order valence-corrected chi connectivity index (χ1v) is 11.5. The molecule has 8 nitrogen and oxygen atoms in total. The molecule has 0 aliphatic heterocycles. The number of benzene rings is 2. The third-order valence-electron chi connectivity index (χ3n) is 4.73. The van der Waals surface area contributed by atoms with Crippen LogP contribution < -0.4 is 15.1 Å². The van der Waals surface area contributed by atoms with Crippen molar-refractivity contribution in [2.24, 2.45) is 5.92 Å². The molecule has 1 N–H and O–H groups in total. The molecule has 2 aromatic carbocycles. The van der Waals surface area contributed by atoms with Gasteiger partial charge in [-0.15, -0.1) is 0 Å². The van der Waals surface area contributed by atoms with Crippen LogP contribution in [0.5, 0.6) is 5.75 Å². The molecule has 0 bridgehead atoms. The highest BCUT2D eigenvalue weighted by molar-refractivity contribution is 7.89. The number of sulfonamides is 1. The van der Waals surface area contributed by atoms with Crippen LogP contribution in [0.4, 0.5) is 0 Å². The number of carbonyl (C=O) groups excluding carboxylic acids is 1. The van der Waals surface area contributed by atoms with Crippen molar-refractivity contribution >= 4 is 38.6 Å². The third kappa shape index (κ3) is 5.48. The number of rotatable bonds is 8. The number of hydrogen-bond donors (Lipinski definition) is 1. The minimum absolute atomic E-state index is 0.0269. The van der Waals surface area contributed by atoms with Crippen LogP contribution in [0.25, 0.3) is 11.0 Å². The van der Waals surface area contributed by atoms with E-state index in [1.807, 2.05) is 0 Å². The summed E-state index contributed by atoms with van der Waals surface area (Å²) >= 11 is 5.81. The monoisotopic (exact) mass is 479 g/mol. The first-order chi connectivity index (χ1) is 15.1. The number of hydrogen-bond acceptors (Lipinski definition) is 7. The van der Waals surface area contributed by atoms with Crippen LogP contribution in [0.2, 0.25) is 5.02 Å². The van der Waals surface area contributed by atoms with E-state index in [0.29, 0.717) is 21.7 Å². The van der Waals surface area contributed by atoms with E-state index in [9.17, 15) is 18.0 Å². The molecule has 0 aliphatic rings. The van der Waals surface area contributed by atoms with E-state index in [0.717, 1.165) is 0 Å². The standard InChI is InChI=1S/C22H22ClNO7S/c1-13(2)21(24-32(27,28)17-7-4-15(23)5-8-17)22(26)30-12-14-10-20(25)31-19-11-16(29-3)6-9-18(14)19/h4-11,13,21,24H,12H2,1-3H3/t21-/m1/s1. The number of esters is 1. The van der Waals surface area contributed by atoms with Crippen molar-refractivity contribution in [3.05, 3.63) is 69.5 Å². The normalized spacial score (nSPS) is 12.7. The van der Waals surface area contributed by atoms with Gasteiger partial charge in [-0.05, 0) is 42.3 Å². The van der Waals surface area contributed by atoms with Crippen molar-refractivity contribution in [3.63, 3.8) is 0 Å². The Balaban J connectivity index is 1.80. The van der Waals surface area contributed by atoms with Gasteiger partial charge < -0.3 is 13.9 Å². The Bertz CT molecular complexity index is 1280. The number of halogens is 1. The lowest BCUT2D eigenvalue weighted by atomic mass is 10.1. The van der Waals surface area contributed by atoms with Crippen molar-refractivity contribution < 1.29 is 27.1 Å². The van der Waals surface area contributed by atoms with Crippen LogP contribution >= 0.6 is 11.6 Å². The lowest BCUT2D eigenvalue weighted by Crippen LogP contribution is -2.45. The van der Waals surface area contributed by atoms with E-state index in [1.165, 1.54) is 37.4 Å². The molecule has 0 saturated heterocycles. The Morgan fingerprint density at radius 2 is 1.81 bits per heavy atom. The molecule has 0 spiro atoms. The van der Waals surface area contributed by atoms with E-state index in [-0.39, 0.29) is 17.1 Å². The molecule has 0 unspecified atom stereocenters. The maximum atomic E-state index is 12.8. The molecule has 0 saturated carbocycles. The van der Waals surface area contributed by atoms with Crippen LogP contribution in [0.1, 0.15) is 19.4 Å². The highest BCUT2D eigenvalue weighted by Crippen LogP contribution is 2.23. The van der Waals surface area contributed by atoms with Crippen molar-refractivity contribution in [2.75, 3.05) is 7.11 Å². The van der Waals surface area contributed by atoms with Crippen LogP contribution in [-0.4, -0.2) is 27.5 Å². The van der Waals surface area contributed by atoms with Crippen LogP contribution in [-0.2, 0) is 26.2 Å². The second kappa shape index (κ2) is 9.72. The predicted octanol–water partition coefficient (Wildman–Crippen LogP) is 3.50. The first kappa shape index (κ1) is 23.8. The fourth-order valence-electron chi connectivity index (χ4n) is 3.00. The van der Waals surface area contributed by atoms with Gasteiger partial charge in [-0.1, -0.05) is 25.4 Å². The quantitative estimate of drug-likeness (QED) is 0.388. The van der Waals surface area contributed by atoms with Crippen LogP contribution in [0, 0.1) is 5.92 Å². The van der Waals surface area contributed by atoms with Crippen molar-refractivity contribution in [1.29, 1.82) is 0 Å². The molecule has 10 heteroatoms. The van der Waals surface area contributed by atoms with Gasteiger partial charge in [0.05, 0.1) is 12.0 Å². The molecule has 1 aromatic heterocycles. The fraction of sp³-hybridized carbons (Fsp3) is 0.273. The van der Waals surface area contributed by atoms with Crippen molar-refractivity contribution in [3.8, 4) is 5.75 Å². The molecule has 0 fully saturated rings. The van der Waals surface area contributed by atoms with E-state index < -0.39 is 33.6 Å². The van der Waals surface area contributed by atoms with Gasteiger partial charge in [-0.2, -0.15) is 4.72 Å². The number of fused-ring (bicyclic) bond motifs is 1. The van der Waals surface area contributed by atoms with Crippen molar-refractivity contribution in [2.45, 2.75) is 31.4 Å². The van der Waals surface area contributed by atoms with Crippen LogP contribution in [0.3, 0.4) is 0 Å². The predicted molar refractivity (Wildman–Crippen MR) is 119 cm³/mol. The summed E-state index contributed by atoms with van der Waals surface area (Å²) < 4.78 is 43.4. The molecule has 170 valence electrons. The highest BCUT2D eigenvalue weighted by atomic mass is 35.5. The van der Waals surface area contributed by atoms with Gasteiger partial charge in [-0.25, -0.2) is 13.2 Å². The average Bonchev–Trinajstić information content (AvgIpc) is 2.75. The van der Waals surface area contributed by atoms with Gasteiger partial charge in [0.2, 0.25) is 10.0 Å². The van der Waals surface area contributed by atoms with E-state index >= 15 is 0 Å². The van der Waals surface area contributed by atoms with Gasteiger partial charge >= 0.3 is 11.6 Å². The largest absolute Gasteiger partial charge is 0.497 e. The second-order valence-electron chi connectivity index (χ2n) is 7.36. The van der Waals surface area contributed by atoms with E-state index in [2.05, 4.69) is 4.72 Å². The van der Waals surface area contributed by atoms with Gasteiger partial charge in [-0.3, -0.25) is 4.79 Å².